The molecule has 100 valence electrons. The fourth-order valence-corrected chi connectivity index (χ4v) is 2.12. The summed E-state index contributed by atoms with van der Waals surface area (Å²) in [5.74, 6) is 1.72. The number of hydrogen-bond acceptors (Lipinski definition) is 4. The van der Waals surface area contributed by atoms with Gasteiger partial charge in [-0.15, -0.1) is 0 Å². The minimum atomic E-state index is 0.741. The lowest BCUT2D eigenvalue weighted by molar-refractivity contribution is 0.390. The van der Waals surface area contributed by atoms with Crippen molar-refractivity contribution in [1.29, 1.82) is 0 Å². The monoisotopic (exact) mass is 256 g/mol. The summed E-state index contributed by atoms with van der Waals surface area (Å²) in [5, 5.41) is 3.18. The first kappa shape index (κ1) is 13.5. The Labute approximate surface area is 114 Å². The lowest BCUT2D eigenvalue weighted by Crippen LogP contribution is -2.15. The van der Waals surface area contributed by atoms with Crippen LogP contribution in [0.5, 0.6) is 0 Å². The fraction of sp³-hybridized carbons (Fsp3) is 0.333. The summed E-state index contributed by atoms with van der Waals surface area (Å²) in [4.78, 5) is 11.3. The summed E-state index contributed by atoms with van der Waals surface area (Å²) < 4.78 is 0. The van der Waals surface area contributed by atoms with Gasteiger partial charge < -0.3 is 10.2 Å². The van der Waals surface area contributed by atoms with E-state index in [0.717, 1.165) is 35.0 Å². The van der Waals surface area contributed by atoms with Gasteiger partial charge in [-0.25, -0.2) is 9.97 Å². The number of rotatable bonds is 4. The average molecular weight is 256 g/mol. The third kappa shape index (κ3) is 3.09. The maximum atomic E-state index is 4.61. The highest BCUT2D eigenvalue weighted by atomic mass is 15.1. The summed E-state index contributed by atoms with van der Waals surface area (Å²) in [6.45, 7) is 2.77. The van der Waals surface area contributed by atoms with Crippen molar-refractivity contribution in [3.63, 3.8) is 0 Å². The molecule has 0 radical (unpaired) electrons. The first-order valence-electron chi connectivity index (χ1n) is 6.37. The Hall–Kier alpha value is -1.94. The van der Waals surface area contributed by atoms with Gasteiger partial charge in [-0.1, -0.05) is 30.3 Å². The predicted molar refractivity (Wildman–Crippen MR) is 79.1 cm³/mol. The van der Waals surface area contributed by atoms with Crippen molar-refractivity contribution in [3.8, 4) is 11.1 Å². The zero-order valence-electron chi connectivity index (χ0n) is 11.9. The van der Waals surface area contributed by atoms with Gasteiger partial charge in [0, 0.05) is 12.6 Å². The van der Waals surface area contributed by atoms with Crippen molar-refractivity contribution in [2.24, 2.45) is 0 Å². The molecule has 2 rings (SSSR count). The molecule has 0 aliphatic rings. The Morgan fingerprint density at radius 1 is 1.11 bits per heavy atom. The third-order valence-electron chi connectivity index (χ3n) is 2.89. The molecule has 0 aliphatic carbocycles. The van der Waals surface area contributed by atoms with Gasteiger partial charge in [0.25, 0.3) is 0 Å². The van der Waals surface area contributed by atoms with E-state index >= 15 is 0 Å². The standard InChI is InChI=1S/C15H20N4/c1-11-14(12-8-6-5-7-9-12)15(16-2)18-13(17-11)10-19(3)4/h5-9H,10H2,1-4H3,(H,16,17,18). The highest BCUT2D eigenvalue weighted by Crippen LogP contribution is 2.28. The van der Waals surface area contributed by atoms with Crippen LogP contribution >= 0.6 is 0 Å². The lowest BCUT2D eigenvalue weighted by Gasteiger charge is -2.15. The summed E-state index contributed by atoms with van der Waals surface area (Å²) in [6, 6.07) is 10.2. The quantitative estimate of drug-likeness (QED) is 0.912. The Kier molecular flexibility index (Phi) is 4.12. The molecule has 0 spiro atoms. The second-order valence-corrected chi connectivity index (χ2v) is 4.80. The van der Waals surface area contributed by atoms with E-state index in [9.17, 15) is 0 Å². The first-order chi connectivity index (χ1) is 9.11. The summed E-state index contributed by atoms with van der Waals surface area (Å²) in [5.41, 5.74) is 3.22. The molecule has 1 aromatic heterocycles. The topological polar surface area (TPSA) is 41.1 Å². The highest BCUT2D eigenvalue weighted by Gasteiger charge is 2.12. The van der Waals surface area contributed by atoms with Crippen molar-refractivity contribution < 1.29 is 0 Å². The van der Waals surface area contributed by atoms with Gasteiger partial charge >= 0.3 is 0 Å². The van der Waals surface area contributed by atoms with Crippen LogP contribution in [0.4, 0.5) is 5.82 Å². The van der Waals surface area contributed by atoms with Crippen LogP contribution in [-0.4, -0.2) is 36.0 Å². The largest absolute Gasteiger partial charge is 0.373 e. The van der Waals surface area contributed by atoms with E-state index in [0.29, 0.717) is 0 Å². The maximum Gasteiger partial charge on any atom is 0.144 e. The van der Waals surface area contributed by atoms with Crippen LogP contribution in [0.25, 0.3) is 11.1 Å². The first-order valence-corrected chi connectivity index (χ1v) is 6.37. The molecule has 19 heavy (non-hydrogen) atoms. The van der Waals surface area contributed by atoms with E-state index in [4.69, 9.17) is 0 Å². The van der Waals surface area contributed by atoms with E-state index in [1.807, 2.05) is 46.3 Å². The Bertz CT molecular complexity index is 550. The molecule has 1 aromatic carbocycles. The fourth-order valence-electron chi connectivity index (χ4n) is 2.12. The lowest BCUT2D eigenvalue weighted by atomic mass is 10.0. The van der Waals surface area contributed by atoms with E-state index in [2.05, 4.69) is 32.3 Å². The Balaban J connectivity index is 2.50. The second kappa shape index (κ2) is 5.80. The number of aryl methyl sites for hydroxylation is 1. The minimum Gasteiger partial charge on any atom is -0.373 e. The van der Waals surface area contributed by atoms with Crippen molar-refractivity contribution in [1.82, 2.24) is 14.9 Å². The number of nitrogens with zero attached hydrogens (tertiary/aromatic N) is 3. The number of nitrogens with one attached hydrogen (secondary N) is 1. The molecule has 4 nitrogen and oxygen atoms in total. The van der Waals surface area contributed by atoms with Crippen LogP contribution in [0.2, 0.25) is 0 Å². The molecule has 2 aromatic rings. The molecule has 0 unspecified atom stereocenters. The number of aromatic nitrogens is 2. The molecule has 1 heterocycles. The summed E-state index contributed by atoms with van der Waals surface area (Å²) >= 11 is 0. The number of hydrogen-bond donors (Lipinski definition) is 1. The van der Waals surface area contributed by atoms with E-state index in [1.54, 1.807) is 0 Å². The van der Waals surface area contributed by atoms with Crippen LogP contribution in [0.3, 0.4) is 0 Å². The normalized spacial score (nSPS) is 10.8. The van der Waals surface area contributed by atoms with E-state index in [-0.39, 0.29) is 0 Å². The van der Waals surface area contributed by atoms with Crippen LogP contribution in [0.1, 0.15) is 11.5 Å². The van der Waals surface area contributed by atoms with Gasteiger partial charge in [-0.05, 0) is 26.6 Å². The van der Waals surface area contributed by atoms with Gasteiger partial charge in [0.05, 0.1) is 12.2 Å². The second-order valence-electron chi connectivity index (χ2n) is 4.80. The predicted octanol–water partition coefficient (Wildman–Crippen LogP) is 2.56. The number of anilines is 1. The molecule has 4 heteroatoms. The van der Waals surface area contributed by atoms with Gasteiger partial charge in [0.15, 0.2) is 0 Å². The highest BCUT2D eigenvalue weighted by molar-refractivity contribution is 5.76. The smallest absolute Gasteiger partial charge is 0.144 e. The maximum absolute atomic E-state index is 4.61. The van der Waals surface area contributed by atoms with Crippen LogP contribution in [-0.2, 0) is 6.54 Å². The van der Waals surface area contributed by atoms with Crippen molar-refractivity contribution in [2.45, 2.75) is 13.5 Å². The minimum absolute atomic E-state index is 0.741. The summed E-state index contributed by atoms with van der Waals surface area (Å²) in [6.07, 6.45) is 0. The van der Waals surface area contributed by atoms with E-state index < -0.39 is 0 Å². The van der Waals surface area contributed by atoms with Gasteiger partial charge in [0.1, 0.15) is 11.6 Å². The molecule has 0 saturated carbocycles. The van der Waals surface area contributed by atoms with E-state index in [1.165, 1.54) is 0 Å². The number of benzene rings is 1. The van der Waals surface area contributed by atoms with Gasteiger partial charge in [-0.2, -0.15) is 0 Å². The zero-order chi connectivity index (χ0) is 13.8. The van der Waals surface area contributed by atoms with Crippen molar-refractivity contribution in [2.75, 3.05) is 26.5 Å². The molecular formula is C15H20N4. The van der Waals surface area contributed by atoms with Crippen molar-refractivity contribution in [3.05, 3.63) is 41.9 Å². The molecule has 0 saturated heterocycles. The van der Waals surface area contributed by atoms with Gasteiger partial charge in [0.2, 0.25) is 0 Å². The Morgan fingerprint density at radius 2 is 1.79 bits per heavy atom. The SMILES string of the molecule is CNc1nc(CN(C)C)nc(C)c1-c1ccccc1. The molecule has 0 amide bonds. The molecule has 0 atom stereocenters. The zero-order valence-corrected chi connectivity index (χ0v) is 11.9. The van der Waals surface area contributed by atoms with Crippen LogP contribution in [0, 0.1) is 6.92 Å². The van der Waals surface area contributed by atoms with Gasteiger partial charge in [-0.3, -0.25) is 0 Å². The van der Waals surface area contributed by atoms with Crippen LogP contribution in [0.15, 0.2) is 30.3 Å². The molecule has 0 fully saturated rings. The average Bonchev–Trinajstić information content (AvgIpc) is 2.38. The molecular weight excluding hydrogens is 236 g/mol. The summed E-state index contributed by atoms with van der Waals surface area (Å²) in [7, 11) is 5.93. The molecule has 1 N–H and O–H groups in total. The third-order valence-corrected chi connectivity index (χ3v) is 2.89. The van der Waals surface area contributed by atoms with Crippen molar-refractivity contribution >= 4 is 5.82 Å². The molecule has 0 bridgehead atoms. The van der Waals surface area contributed by atoms with Crippen LogP contribution < -0.4 is 5.32 Å². The molecule has 0 aliphatic heterocycles. The Morgan fingerprint density at radius 3 is 2.37 bits per heavy atom.